The van der Waals surface area contributed by atoms with E-state index in [2.05, 4.69) is 0 Å². The summed E-state index contributed by atoms with van der Waals surface area (Å²) >= 11 is 16.9. The van der Waals surface area contributed by atoms with Crippen LogP contribution in [0.3, 0.4) is 0 Å². The minimum atomic E-state index is -0.613. The highest BCUT2D eigenvalue weighted by molar-refractivity contribution is 6.64. The van der Waals surface area contributed by atoms with Gasteiger partial charge in [0.2, 0.25) is 11.6 Å². The fourth-order valence-electron chi connectivity index (χ4n) is 1.11. The van der Waals surface area contributed by atoms with Gasteiger partial charge >= 0.3 is 0 Å². The largest absolute Gasteiger partial charge is 0.370 e. The van der Waals surface area contributed by atoms with Crippen molar-refractivity contribution in [2.75, 3.05) is 13.6 Å². The Morgan fingerprint density at radius 3 is 1.93 bits per heavy atom. The van der Waals surface area contributed by atoms with Crippen molar-refractivity contribution in [2.24, 2.45) is 0 Å². The number of carbonyl (C=O) groups excluding carboxylic acids is 2. The summed E-state index contributed by atoms with van der Waals surface area (Å²) in [6.07, 6.45) is 0. The normalized spacial score (nSPS) is 17.7. The van der Waals surface area contributed by atoms with E-state index in [0.717, 1.165) is 0 Å². The van der Waals surface area contributed by atoms with Gasteiger partial charge in [0.25, 0.3) is 0 Å². The van der Waals surface area contributed by atoms with E-state index in [1.807, 2.05) is 6.92 Å². The molecule has 15 heavy (non-hydrogen) atoms. The smallest absolute Gasteiger partial charge is 0.223 e. The molecule has 0 unspecified atom stereocenters. The molecule has 3 nitrogen and oxygen atoms in total. The number of rotatable bonds is 2. The van der Waals surface area contributed by atoms with E-state index in [9.17, 15) is 9.59 Å². The fraction of sp³-hybridized carbons (Fsp3) is 0.333. The van der Waals surface area contributed by atoms with E-state index in [1.165, 1.54) is 0 Å². The molecular weight excluding hydrogens is 260 g/mol. The molecule has 0 aromatic carbocycles. The van der Waals surface area contributed by atoms with Crippen LogP contribution in [0.2, 0.25) is 0 Å². The molecule has 0 radical (unpaired) electrons. The molecule has 0 aromatic rings. The van der Waals surface area contributed by atoms with E-state index in [0.29, 0.717) is 6.54 Å². The zero-order valence-electron chi connectivity index (χ0n) is 8.10. The highest BCUT2D eigenvalue weighted by Crippen LogP contribution is 2.32. The van der Waals surface area contributed by atoms with Crippen molar-refractivity contribution in [3.8, 4) is 0 Å². The first-order chi connectivity index (χ1) is 6.91. The molecule has 1 aliphatic carbocycles. The lowest BCUT2D eigenvalue weighted by atomic mass is 10.1. The van der Waals surface area contributed by atoms with Crippen molar-refractivity contribution in [1.82, 2.24) is 4.90 Å². The molecule has 0 amide bonds. The second-order valence-electron chi connectivity index (χ2n) is 2.96. The third-order valence-corrected chi connectivity index (χ3v) is 3.24. The molecule has 0 bridgehead atoms. The number of Topliss-reactive ketones (excluding diaryl/α,β-unsaturated/α-hetero) is 2. The summed E-state index contributed by atoms with van der Waals surface area (Å²) < 4.78 is 0. The van der Waals surface area contributed by atoms with Gasteiger partial charge in [-0.3, -0.25) is 9.59 Å². The molecule has 0 aromatic heterocycles. The fourth-order valence-corrected chi connectivity index (χ4v) is 1.83. The Morgan fingerprint density at radius 2 is 1.47 bits per heavy atom. The second-order valence-corrected chi connectivity index (χ2v) is 4.10. The molecule has 0 saturated carbocycles. The summed E-state index contributed by atoms with van der Waals surface area (Å²) in [6, 6.07) is 0. The summed E-state index contributed by atoms with van der Waals surface area (Å²) in [7, 11) is 1.65. The third kappa shape index (κ3) is 2.05. The third-order valence-electron chi connectivity index (χ3n) is 2.07. The Labute approximate surface area is 102 Å². The molecule has 0 spiro atoms. The monoisotopic (exact) mass is 267 g/mol. The molecule has 1 rings (SSSR count). The first-order valence-electron chi connectivity index (χ1n) is 4.17. The molecule has 0 fully saturated rings. The van der Waals surface area contributed by atoms with Crippen LogP contribution in [0.25, 0.3) is 0 Å². The average molecular weight is 269 g/mol. The molecule has 0 saturated heterocycles. The number of carbonyl (C=O) groups is 2. The van der Waals surface area contributed by atoms with Gasteiger partial charge < -0.3 is 4.90 Å². The van der Waals surface area contributed by atoms with E-state index >= 15 is 0 Å². The van der Waals surface area contributed by atoms with Gasteiger partial charge in [-0.1, -0.05) is 34.8 Å². The number of nitrogens with zero attached hydrogens (tertiary/aromatic N) is 1. The molecule has 0 N–H and O–H groups in total. The lowest BCUT2D eigenvalue weighted by Crippen LogP contribution is -2.29. The van der Waals surface area contributed by atoms with Gasteiger partial charge in [-0.2, -0.15) is 0 Å². The second kappa shape index (κ2) is 4.56. The Hall–Kier alpha value is -0.510. The predicted octanol–water partition coefficient (Wildman–Crippen LogP) is 2.23. The van der Waals surface area contributed by atoms with Crippen molar-refractivity contribution >= 4 is 46.4 Å². The maximum atomic E-state index is 11.7. The highest BCUT2D eigenvalue weighted by Gasteiger charge is 2.33. The van der Waals surface area contributed by atoms with Gasteiger partial charge in [-0.05, 0) is 6.92 Å². The standard InChI is InChI=1S/C9H8Cl3NO2/c1-3-13(2)7-6(12)8(14)4(10)5(11)9(7)15/h3H2,1-2H3. The van der Waals surface area contributed by atoms with Crippen molar-refractivity contribution in [2.45, 2.75) is 6.92 Å². The maximum absolute atomic E-state index is 11.7. The first kappa shape index (κ1) is 12.6. The quantitative estimate of drug-likeness (QED) is 0.721. The lowest BCUT2D eigenvalue weighted by Gasteiger charge is -2.23. The zero-order valence-corrected chi connectivity index (χ0v) is 10.4. The van der Waals surface area contributed by atoms with Crippen molar-refractivity contribution in [1.29, 1.82) is 0 Å². The van der Waals surface area contributed by atoms with E-state index in [1.54, 1.807) is 11.9 Å². The molecule has 0 heterocycles. The van der Waals surface area contributed by atoms with E-state index in [-0.39, 0.29) is 20.8 Å². The SMILES string of the molecule is CCN(C)C1=C(Cl)C(=O)C(Cl)=C(Cl)C1=O. The Morgan fingerprint density at radius 1 is 1.00 bits per heavy atom. The summed E-state index contributed by atoms with van der Waals surface area (Å²) in [5.41, 5.74) is 0.0959. The van der Waals surface area contributed by atoms with Gasteiger partial charge in [0.1, 0.15) is 20.8 Å². The average Bonchev–Trinajstić information content (AvgIpc) is 2.23. The number of hydrogen-bond donors (Lipinski definition) is 0. The van der Waals surface area contributed by atoms with Crippen LogP contribution in [0.15, 0.2) is 20.8 Å². The maximum Gasteiger partial charge on any atom is 0.223 e. The van der Waals surface area contributed by atoms with Crippen LogP contribution in [-0.4, -0.2) is 30.1 Å². The topological polar surface area (TPSA) is 37.4 Å². The van der Waals surface area contributed by atoms with E-state index < -0.39 is 11.6 Å². The van der Waals surface area contributed by atoms with Gasteiger partial charge in [0.05, 0.1) is 0 Å². The Kier molecular flexibility index (Phi) is 3.82. The van der Waals surface area contributed by atoms with Crippen molar-refractivity contribution in [3.05, 3.63) is 20.8 Å². The molecule has 1 aliphatic rings. The van der Waals surface area contributed by atoms with Crippen LogP contribution in [0.4, 0.5) is 0 Å². The number of likely N-dealkylation sites (N-methyl/N-ethyl adjacent to an activating group) is 1. The summed E-state index contributed by atoms with van der Waals surface area (Å²) in [5, 5.41) is -0.778. The number of allylic oxidation sites excluding steroid dienone is 3. The van der Waals surface area contributed by atoms with Crippen LogP contribution < -0.4 is 0 Å². The van der Waals surface area contributed by atoms with Crippen LogP contribution in [0, 0.1) is 0 Å². The van der Waals surface area contributed by atoms with Crippen LogP contribution in [0.5, 0.6) is 0 Å². The van der Waals surface area contributed by atoms with Crippen molar-refractivity contribution in [3.63, 3.8) is 0 Å². The zero-order chi connectivity index (χ0) is 11.7. The molecule has 6 heteroatoms. The lowest BCUT2D eigenvalue weighted by molar-refractivity contribution is -0.116. The molecule has 0 aliphatic heterocycles. The number of halogens is 3. The summed E-state index contributed by atoms with van der Waals surface area (Å²) in [6.45, 7) is 2.36. The Balaban J connectivity index is 3.29. The van der Waals surface area contributed by atoms with Crippen LogP contribution >= 0.6 is 34.8 Å². The highest BCUT2D eigenvalue weighted by atomic mass is 35.5. The predicted molar refractivity (Wildman–Crippen MR) is 59.9 cm³/mol. The molecular formula is C9H8Cl3NO2. The van der Waals surface area contributed by atoms with Crippen molar-refractivity contribution < 1.29 is 9.59 Å². The summed E-state index contributed by atoms with van der Waals surface area (Å²) in [4.78, 5) is 24.7. The minimum Gasteiger partial charge on any atom is -0.370 e. The minimum absolute atomic E-state index is 0.0959. The van der Waals surface area contributed by atoms with Crippen LogP contribution in [-0.2, 0) is 9.59 Å². The molecule has 0 atom stereocenters. The molecule has 82 valence electrons. The van der Waals surface area contributed by atoms with Gasteiger partial charge in [-0.15, -0.1) is 0 Å². The van der Waals surface area contributed by atoms with E-state index in [4.69, 9.17) is 34.8 Å². The number of hydrogen-bond acceptors (Lipinski definition) is 3. The number of ketones is 2. The van der Waals surface area contributed by atoms with Gasteiger partial charge in [0, 0.05) is 13.6 Å². The first-order valence-corrected chi connectivity index (χ1v) is 5.30. The van der Waals surface area contributed by atoms with Gasteiger partial charge in [0.15, 0.2) is 0 Å². The Bertz CT molecular complexity index is 398. The van der Waals surface area contributed by atoms with Gasteiger partial charge in [-0.25, -0.2) is 0 Å². The van der Waals surface area contributed by atoms with Crippen LogP contribution in [0.1, 0.15) is 6.92 Å². The summed E-state index contributed by atoms with van der Waals surface area (Å²) in [5.74, 6) is -1.13.